The zero-order valence-electron chi connectivity index (χ0n) is 13.1. The van der Waals surface area contributed by atoms with Crippen molar-refractivity contribution in [3.63, 3.8) is 0 Å². The highest BCUT2D eigenvalue weighted by Gasteiger charge is 2.35. The highest BCUT2D eigenvalue weighted by Crippen LogP contribution is 2.46. The molecule has 1 heterocycles. The Hall–Kier alpha value is -1.56. The van der Waals surface area contributed by atoms with Crippen molar-refractivity contribution in [1.29, 1.82) is 0 Å². The van der Waals surface area contributed by atoms with Crippen LogP contribution in [0.3, 0.4) is 0 Å². The van der Waals surface area contributed by atoms with E-state index in [4.69, 9.17) is 32.7 Å². The van der Waals surface area contributed by atoms with Gasteiger partial charge in [0.05, 0.1) is 25.0 Å². The number of halogens is 2. The summed E-state index contributed by atoms with van der Waals surface area (Å²) in [6.45, 7) is 0. The van der Waals surface area contributed by atoms with Gasteiger partial charge in [0.15, 0.2) is 11.5 Å². The van der Waals surface area contributed by atoms with Crippen LogP contribution >= 0.6 is 35.0 Å². The van der Waals surface area contributed by atoms with E-state index in [-0.39, 0.29) is 11.3 Å². The van der Waals surface area contributed by atoms with Gasteiger partial charge in [-0.05, 0) is 42.0 Å². The van der Waals surface area contributed by atoms with E-state index in [0.29, 0.717) is 27.3 Å². The van der Waals surface area contributed by atoms with E-state index in [2.05, 4.69) is 0 Å². The van der Waals surface area contributed by atoms with Crippen LogP contribution in [-0.2, 0) is 4.79 Å². The minimum Gasteiger partial charge on any atom is -0.493 e. The second-order valence-electron chi connectivity index (χ2n) is 5.14. The molecule has 0 N–H and O–H groups in total. The molecule has 1 amide bonds. The normalized spacial score (nSPS) is 17.2. The fourth-order valence-electron chi connectivity index (χ4n) is 2.63. The Balaban J connectivity index is 2.03. The molecule has 4 nitrogen and oxygen atoms in total. The van der Waals surface area contributed by atoms with Crippen LogP contribution in [-0.4, -0.2) is 25.9 Å². The van der Waals surface area contributed by atoms with Crippen molar-refractivity contribution in [1.82, 2.24) is 0 Å². The van der Waals surface area contributed by atoms with Crippen LogP contribution in [0.2, 0.25) is 10.0 Å². The second kappa shape index (κ2) is 7.13. The minimum absolute atomic E-state index is 0.0400. The molecule has 1 aliphatic rings. The molecule has 3 rings (SSSR count). The van der Waals surface area contributed by atoms with Crippen LogP contribution in [0.5, 0.6) is 11.5 Å². The minimum atomic E-state index is -0.184. The summed E-state index contributed by atoms with van der Waals surface area (Å²) in [5, 5.41) is 0.891. The number of nitrogens with zero attached hydrogens (tertiary/aromatic N) is 1. The van der Waals surface area contributed by atoms with E-state index in [1.807, 2.05) is 24.3 Å². The average molecular weight is 384 g/mol. The molecule has 0 radical (unpaired) electrons. The molecule has 0 bridgehead atoms. The lowest BCUT2D eigenvalue weighted by Crippen LogP contribution is -2.27. The molecule has 24 heavy (non-hydrogen) atoms. The van der Waals surface area contributed by atoms with Gasteiger partial charge in [-0.25, -0.2) is 0 Å². The van der Waals surface area contributed by atoms with Crippen molar-refractivity contribution in [3.05, 3.63) is 52.0 Å². The molecule has 0 unspecified atom stereocenters. The lowest BCUT2D eigenvalue weighted by molar-refractivity contribution is -0.115. The van der Waals surface area contributed by atoms with Gasteiger partial charge < -0.3 is 9.47 Å². The molecule has 2 aromatic rings. The van der Waals surface area contributed by atoms with Crippen LogP contribution in [0, 0.1) is 0 Å². The van der Waals surface area contributed by atoms with E-state index in [0.717, 1.165) is 11.3 Å². The fraction of sp³-hybridized carbons (Fsp3) is 0.235. The molecule has 0 aromatic heterocycles. The standard InChI is InChI=1S/C17H15Cl2NO3S/c1-22-14-8-10(7-13(19)16(14)23-2)17-20(15(21)9-24-17)12-5-3-11(18)4-6-12/h3-8,17H,9H2,1-2H3/t17-/m0/s1. The van der Waals surface area contributed by atoms with Gasteiger partial charge in [0.1, 0.15) is 5.37 Å². The van der Waals surface area contributed by atoms with Crippen LogP contribution in [0.15, 0.2) is 36.4 Å². The zero-order valence-corrected chi connectivity index (χ0v) is 15.4. The van der Waals surface area contributed by atoms with E-state index in [9.17, 15) is 4.79 Å². The molecular weight excluding hydrogens is 369 g/mol. The Bertz CT molecular complexity index is 767. The Morgan fingerprint density at radius 2 is 1.83 bits per heavy atom. The molecule has 2 aromatic carbocycles. The van der Waals surface area contributed by atoms with Crippen molar-refractivity contribution in [3.8, 4) is 11.5 Å². The third-order valence-electron chi connectivity index (χ3n) is 3.71. The van der Waals surface area contributed by atoms with Crippen LogP contribution in [0.4, 0.5) is 5.69 Å². The Kier molecular flexibility index (Phi) is 5.13. The van der Waals surface area contributed by atoms with Crippen LogP contribution < -0.4 is 14.4 Å². The Labute approximate surface area is 154 Å². The van der Waals surface area contributed by atoms with Gasteiger partial charge in [0.2, 0.25) is 5.91 Å². The summed E-state index contributed by atoms with van der Waals surface area (Å²) in [6.07, 6.45) is 0. The zero-order chi connectivity index (χ0) is 17.3. The predicted molar refractivity (Wildman–Crippen MR) is 98.7 cm³/mol. The summed E-state index contributed by atoms with van der Waals surface area (Å²) in [5.41, 5.74) is 1.67. The maximum Gasteiger partial charge on any atom is 0.238 e. The SMILES string of the molecule is COc1cc([C@@H]2SCC(=O)N2c2ccc(Cl)cc2)cc(Cl)c1OC. The molecule has 1 fully saturated rings. The van der Waals surface area contributed by atoms with Crippen molar-refractivity contribution in [2.45, 2.75) is 5.37 Å². The van der Waals surface area contributed by atoms with Gasteiger partial charge in [0, 0.05) is 10.7 Å². The summed E-state index contributed by atoms with van der Waals surface area (Å²) in [4.78, 5) is 14.1. The maximum absolute atomic E-state index is 12.4. The van der Waals surface area contributed by atoms with Crippen molar-refractivity contribution < 1.29 is 14.3 Å². The number of amides is 1. The third-order valence-corrected chi connectivity index (χ3v) is 5.46. The number of carbonyl (C=O) groups excluding carboxylic acids is 1. The quantitative estimate of drug-likeness (QED) is 0.760. The summed E-state index contributed by atoms with van der Waals surface area (Å²) >= 11 is 13.8. The van der Waals surface area contributed by atoms with E-state index < -0.39 is 0 Å². The van der Waals surface area contributed by atoms with Crippen molar-refractivity contribution in [2.24, 2.45) is 0 Å². The Morgan fingerprint density at radius 3 is 2.46 bits per heavy atom. The number of methoxy groups -OCH3 is 2. The average Bonchev–Trinajstić information content (AvgIpc) is 2.96. The first-order valence-electron chi connectivity index (χ1n) is 7.15. The molecule has 0 spiro atoms. The van der Waals surface area contributed by atoms with Gasteiger partial charge in [-0.1, -0.05) is 23.2 Å². The van der Waals surface area contributed by atoms with E-state index in [1.165, 1.54) is 7.11 Å². The summed E-state index contributed by atoms with van der Waals surface area (Å²) in [6, 6.07) is 10.9. The molecule has 7 heteroatoms. The van der Waals surface area contributed by atoms with E-state index in [1.54, 1.807) is 35.9 Å². The third kappa shape index (κ3) is 3.16. The van der Waals surface area contributed by atoms with Gasteiger partial charge in [0.25, 0.3) is 0 Å². The lowest BCUT2D eigenvalue weighted by atomic mass is 10.1. The summed E-state index contributed by atoms with van der Waals surface area (Å²) in [5.74, 6) is 1.46. The molecule has 0 aliphatic carbocycles. The largest absolute Gasteiger partial charge is 0.493 e. The first-order valence-corrected chi connectivity index (χ1v) is 8.96. The number of carbonyl (C=O) groups is 1. The topological polar surface area (TPSA) is 38.8 Å². The molecule has 126 valence electrons. The van der Waals surface area contributed by atoms with Gasteiger partial charge >= 0.3 is 0 Å². The van der Waals surface area contributed by atoms with Crippen molar-refractivity contribution in [2.75, 3.05) is 24.9 Å². The molecule has 1 aliphatic heterocycles. The monoisotopic (exact) mass is 383 g/mol. The number of benzene rings is 2. The summed E-state index contributed by atoms with van der Waals surface area (Å²) < 4.78 is 10.6. The number of hydrogen-bond acceptors (Lipinski definition) is 4. The molecular formula is C17H15Cl2NO3S. The van der Waals surface area contributed by atoms with Crippen LogP contribution in [0.25, 0.3) is 0 Å². The van der Waals surface area contributed by atoms with Crippen molar-refractivity contribution >= 4 is 46.6 Å². The Morgan fingerprint density at radius 1 is 1.12 bits per heavy atom. The van der Waals surface area contributed by atoms with Gasteiger partial charge in [-0.15, -0.1) is 11.8 Å². The first kappa shape index (κ1) is 17.3. The number of hydrogen-bond donors (Lipinski definition) is 0. The highest BCUT2D eigenvalue weighted by molar-refractivity contribution is 8.00. The lowest BCUT2D eigenvalue weighted by Gasteiger charge is -2.25. The van der Waals surface area contributed by atoms with Gasteiger partial charge in [-0.2, -0.15) is 0 Å². The number of rotatable bonds is 4. The molecule has 1 saturated heterocycles. The highest BCUT2D eigenvalue weighted by atomic mass is 35.5. The molecule has 0 saturated carbocycles. The first-order chi connectivity index (χ1) is 11.5. The van der Waals surface area contributed by atoms with E-state index >= 15 is 0 Å². The molecule has 1 atom stereocenters. The smallest absolute Gasteiger partial charge is 0.238 e. The van der Waals surface area contributed by atoms with Gasteiger partial charge in [-0.3, -0.25) is 9.69 Å². The maximum atomic E-state index is 12.4. The number of anilines is 1. The summed E-state index contributed by atoms with van der Waals surface area (Å²) in [7, 11) is 3.10. The van der Waals surface area contributed by atoms with Crippen LogP contribution in [0.1, 0.15) is 10.9 Å². The predicted octanol–water partition coefficient (Wildman–Crippen LogP) is 4.79. The number of ether oxygens (including phenoxy) is 2. The fourth-order valence-corrected chi connectivity index (χ4v) is 4.21. The number of thioether (sulfide) groups is 1. The second-order valence-corrected chi connectivity index (χ2v) is 7.05.